The molecule has 1 aliphatic rings. The van der Waals surface area contributed by atoms with Crippen LogP contribution in [0.4, 0.5) is 0 Å². The van der Waals surface area contributed by atoms with Gasteiger partial charge in [-0.2, -0.15) is 0 Å². The Hall–Kier alpha value is -0.530. The van der Waals surface area contributed by atoms with Crippen molar-refractivity contribution in [3.05, 3.63) is 34.9 Å². The second kappa shape index (κ2) is 6.42. The number of nitrogens with one attached hydrogen (secondary N) is 1. The van der Waals surface area contributed by atoms with Crippen LogP contribution in [0.15, 0.2) is 24.3 Å². The lowest BCUT2D eigenvalue weighted by Gasteiger charge is -2.24. The van der Waals surface area contributed by atoms with E-state index >= 15 is 0 Å². The van der Waals surface area contributed by atoms with Gasteiger partial charge in [0.15, 0.2) is 0 Å². The van der Waals surface area contributed by atoms with Crippen LogP contribution in [0.1, 0.15) is 50.6 Å². The minimum Gasteiger partial charge on any atom is -0.310 e. The molecule has 0 amide bonds. The number of rotatable bonds is 4. The highest BCUT2D eigenvalue weighted by molar-refractivity contribution is 6.30. The molecule has 1 saturated carbocycles. The molecule has 0 radical (unpaired) electrons. The van der Waals surface area contributed by atoms with Gasteiger partial charge in [-0.25, -0.2) is 0 Å². The highest BCUT2D eigenvalue weighted by Crippen LogP contribution is 2.24. The second-order valence-corrected chi connectivity index (χ2v) is 5.63. The Morgan fingerprint density at radius 1 is 1.29 bits per heavy atom. The maximum absolute atomic E-state index is 6.01. The standard InChI is InChI=1S/C15H22ClN/c1-12(14-8-5-9-15(16)10-14)17-11-13-6-3-2-4-7-13/h5,8-10,12-13,17H,2-4,6-7,11H2,1H3/t12-/m1/s1. The van der Waals surface area contributed by atoms with Gasteiger partial charge < -0.3 is 5.32 Å². The lowest BCUT2D eigenvalue weighted by molar-refractivity contribution is 0.331. The highest BCUT2D eigenvalue weighted by atomic mass is 35.5. The van der Waals surface area contributed by atoms with Crippen LogP contribution < -0.4 is 5.32 Å². The summed E-state index contributed by atoms with van der Waals surface area (Å²) in [5.41, 5.74) is 1.29. The Kier molecular flexibility index (Phi) is 4.87. The van der Waals surface area contributed by atoms with Crippen LogP contribution in [-0.2, 0) is 0 Å². The molecule has 1 aromatic carbocycles. The number of halogens is 1. The lowest BCUT2D eigenvalue weighted by Crippen LogP contribution is -2.27. The van der Waals surface area contributed by atoms with Gasteiger partial charge in [-0.1, -0.05) is 43.0 Å². The zero-order valence-electron chi connectivity index (χ0n) is 10.6. The predicted octanol–water partition coefficient (Wildman–Crippen LogP) is 4.57. The van der Waals surface area contributed by atoms with Crippen LogP contribution in [0.5, 0.6) is 0 Å². The van der Waals surface area contributed by atoms with Crippen molar-refractivity contribution >= 4 is 11.6 Å². The van der Waals surface area contributed by atoms with Gasteiger partial charge in [0.25, 0.3) is 0 Å². The third-order valence-corrected chi connectivity index (χ3v) is 4.02. The van der Waals surface area contributed by atoms with Gasteiger partial charge in [0.1, 0.15) is 0 Å². The Morgan fingerprint density at radius 3 is 2.76 bits per heavy atom. The molecule has 0 aromatic heterocycles. The predicted molar refractivity (Wildman–Crippen MR) is 74.4 cm³/mol. The summed E-state index contributed by atoms with van der Waals surface area (Å²) in [6, 6.07) is 8.55. The highest BCUT2D eigenvalue weighted by Gasteiger charge is 2.14. The molecule has 0 bridgehead atoms. The third-order valence-electron chi connectivity index (χ3n) is 3.79. The van der Waals surface area contributed by atoms with Crippen LogP contribution in [-0.4, -0.2) is 6.54 Å². The van der Waals surface area contributed by atoms with Crippen LogP contribution in [0, 0.1) is 5.92 Å². The third kappa shape index (κ3) is 4.01. The first-order valence-electron chi connectivity index (χ1n) is 6.74. The minimum atomic E-state index is 0.399. The summed E-state index contributed by atoms with van der Waals surface area (Å²) in [6.45, 7) is 3.36. The number of hydrogen-bond donors (Lipinski definition) is 1. The molecule has 2 heteroatoms. The SMILES string of the molecule is C[C@@H](NCC1CCCCC1)c1cccc(Cl)c1. The van der Waals surface area contributed by atoms with Crippen LogP contribution in [0.2, 0.25) is 5.02 Å². The van der Waals surface area contributed by atoms with E-state index < -0.39 is 0 Å². The fourth-order valence-electron chi connectivity index (χ4n) is 2.63. The zero-order valence-corrected chi connectivity index (χ0v) is 11.3. The molecule has 1 fully saturated rings. The summed E-state index contributed by atoms with van der Waals surface area (Å²) in [7, 11) is 0. The molecule has 0 aliphatic heterocycles. The van der Waals surface area contributed by atoms with Gasteiger partial charge in [0.2, 0.25) is 0 Å². The van der Waals surface area contributed by atoms with Gasteiger partial charge in [-0.05, 0) is 49.9 Å². The molecule has 1 aromatic rings. The van der Waals surface area contributed by atoms with Crippen molar-refractivity contribution in [3.8, 4) is 0 Å². The van der Waals surface area contributed by atoms with Crippen molar-refractivity contribution in [1.29, 1.82) is 0 Å². The summed E-state index contributed by atoms with van der Waals surface area (Å²) in [5.74, 6) is 0.880. The Balaban J connectivity index is 1.82. The topological polar surface area (TPSA) is 12.0 Å². The number of benzene rings is 1. The summed E-state index contributed by atoms with van der Waals surface area (Å²) < 4.78 is 0. The molecule has 0 unspecified atom stereocenters. The average Bonchev–Trinajstić information content (AvgIpc) is 2.37. The van der Waals surface area contributed by atoms with E-state index in [2.05, 4.69) is 24.4 Å². The molecule has 1 atom stereocenters. The summed E-state index contributed by atoms with van der Waals surface area (Å²) in [5, 5.41) is 4.46. The van der Waals surface area contributed by atoms with E-state index in [1.54, 1.807) is 0 Å². The quantitative estimate of drug-likeness (QED) is 0.827. The molecule has 1 nitrogen and oxygen atoms in total. The fraction of sp³-hybridized carbons (Fsp3) is 0.600. The molecular formula is C15H22ClN. The molecule has 17 heavy (non-hydrogen) atoms. The average molecular weight is 252 g/mol. The molecule has 2 rings (SSSR count). The van der Waals surface area contributed by atoms with E-state index in [-0.39, 0.29) is 0 Å². The van der Waals surface area contributed by atoms with Gasteiger partial charge in [0.05, 0.1) is 0 Å². The van der Waals surface area contributed by atoms with Crippen molar-refractivity contribution in [3.63, 3.8) is 0 Å². The molecule has 1 aliphatic carbocycles. The number of hydrogen-bond acceptors (Lipinski definition) is 1. The van der Waals surface area contributed by atoms with E-state index in [0.717, 1.165) is 17.5 Å². The molecule has 94 valence electrons. The smallest absolute Gasteiger partial charge is 0.0409 e. The fourth-order valence-corrected chi connectivity index (χ4v) is 2.83. The first-order chi connectivity index (χ1) is 8.25. The Morgan fingerprint density at radius 2 is 2.06 bits per heavy atom. The van der Waals surface area contributed by atoms with Gasteiger partial charge in [0, 0.05) is 11.1 Å². The van der Waals surface area contributed by atoms with E-state index in [1.807, 2.05) is 12.1 Å². The summed E-state index contributed by atoms with van der Waals surface area (Å²) >= 11 is 6.01. The maximum atomic E-state index is 6.01. The van der Waals surface area contributed by atoms with E-state index in [0.29, 0.717) is 6.04 Å². The Bertz CT molecular complexity index is 345. The van der Waals surface area contributed by atoms with E-state index in [4.69, 9.17) is 11.6 Å². The van der Waals surface area contributed by atoms with Crippen molar-refractivity contribution in [2.24, 2.45) is 5.92 Å². The normalized spacial score (nSPS) is 19.2. The lowest BCUT2D eigenvalue weighted by atomic mass is 9.89. The molecule has 1 N–H and O–H groups in total. The Labute approximate surface area is 110 Å². The largest absolute Gasteiger partial charge is 0.310 e. The van der Waals surface area contributed by atoms with Crippen molar-refractivity contribution < 1.29 is 0 Å². The first-order valence-corrected chi connectivity index (χ1v) is 7.12. The molecule has 0 heterocycles. The van der Waals surface area contributed by atoms with Gasteiger partial charge >= 0.3 is 0 Å². The van der Waals surface area contributed by atoms with E-state index in [1.165, 1.54) is 37.7 Å². The zero-order chi connectivity index (χ0) is 12.1. The summed E-state index contributed by atoms with van der Waals surface area (Å²) in [4.78, 5) is 0. The van der Waals surface area contributed by atoms with Gasteiger partial charge in [-0.15, -0.1) is 0 Å². The van der Waals surface area contributed by atoms with E-state index in [9.17, 15) is 0 Å². The second-order valence-electron chi connectivity index (χ2n) is 5.19. The van der Waals surface area contributed by atoms with Gasteiger partial charge in [-0.3, -0.25) is 0 Å². The van der Waals surface area contributed by atoms with Crippen molar-refractivity contribution in [1.82, 2.24) is 5.32 Å². The minimum absolute atomic E-state index is 0.399. The summed E-state index contributed by atoms with van der Waals surface area (Å²) in [6.07, 6.45) is 7.06. The molecular weight excluding hydrogens is 230 g/mol. The van der Waals surface area contributed by atoms with Crippen molar-refractivity contribution in [2.45, 2.75) is 45.1 Å². The van der Waals surface area contributed by atoms with Crippen LogP contribution in [0.3, 0.4) is 0 Å². The van der Waals surface area contributed by atoms with Crippen molar-refractivity contribution in [2.75, 3.05) is 6.54 Å². The first kappa shape index (κ1) is 12.9. The monoisotopic (exact) mass is 251 g/mol. The molecule has 0 saturated heterocycles. The molecule has 0 spiro atoms. The van der Waals surface area contributed by atoms with Crippen LogP contribution >= 0.6 is 11.6 Å². The maximum Gasteiger partial charge on any atom is 0.0409 e. The van der Waals surface area contributed by atoms with Crippen LogP contribution in [0.25, 0.3) is 0 Å².